The molecule has 6 heteroatoms. The Morgan fingerprint density at radius 3 is 2.52 bits per heavy atom. The molecule has 2 aromatic carbocycles. The first-order valence-corrected chi connectivity index (χ1v) is 7.86. The van der Waals surface area contributed by atoms with Gasteiger partial charge in [0.05, 0.1) is 23.8 Å². The molecule has 0 aliphatic rings. The summed E-state index contributed by atoms with van der Waals surface area (Å²) >= 11 is 11.7. The maximum atomic E-state index is 11.9. The van der Waals surface area contributed by atoms with E-state index >= 15 is 0 Å². The first-order valence-electron chi connectivity index (χ1n) is 7.11. The second-order valence-electron chi connectivity index (χ2n) is 4.78. The van der Waals surface area contributed by atoms with Crippen molar-refractivity contribution < 1.29 is 14.3 Å². The molecule has 0 unspecified atom stereocenters. The summed E-state index contributed by atoms with van der Waals surface area (Å²) in [6.07, 6.45) is 0.931. The normalized spacial score (nSPS) is 10.2. The number of para-hydroxylation sites is 2. The van der Waals surface area contributed by atoms with Gasteiger partial charge in [-0.15, -0.1) is 0 Å². The van der Waals surface area contributed by atoms with Gasteiger partial charge in [0.1, 0.15) is 0 Å². The van der Waals surface area contributed by atoms with Crippen molar-refractivity contribution in [3.63, 3.8) is 0 Å². The van der Waals surface area contributed by atoms with Gasteiger partial charge in [0.25, 0.3) is 0 Å². The van der Waals surface area contributed by atoms with Gasteiger partial charge in [-0.3, -0.25) is 4.79 Å². The van der Waals surface area contributed by atoms with Crippen LogP contribution >= 0.6 is 23.2 Å². The molecule has 1 amide bonds. The number of ether oxygens (including phenoxy) is 2. The van der Waals surface area contributed by atoms with Crippen LogP contribution in [-0.4, -0.2) is 19.6 Å². The first kappa shape index (κ1) is 17.4. The number of benzene rings is 2. The van der Waals surface area contributed by atoms with Gasteiger partial charge in [-0.25, -0.2) is 0 Å². The zero-order valence-electron chi connectivity index (χ0n) is 12.6. The number of hydrogen-bond acceptors (Lipinski definition) is 3. The van der Waals surface area contributed by atoms with E-state index in [0.717, 1.165) is 0 Å². The molecule has 2 aromatic rings. The van der Waals surface area contributed by atoms with E-state index in [2.05, 4.69) is 5.32 Å². The molecule has 0 saturated heterocycles. The van der Waals surface area contributed by atoms with Gasteiger partial charge in [0.15, 0.2) is 11.5 Å². The van der Waals surface area contributed by atoms with Crippen molar-refractivity contribution in [1.82, 2.24) is 0 Å². The van der Waals surface area contributed by atoms with Gasteiger partial charge in [0.2, 0.25) is 5.91 Å². The molecule has 0 radical (unpaired) electrons. The maximum absolute atomic E-state index is 11.9. The lowest BCUT2D eigenvalue weighted by Crippen LogP contribution is -2.12. The molecule has 2 rings (SSSR count). The van der Waals surface area contributed by atoms with E-state index in [1.54, 1.807) is 25.3 Å². The summed E-state index contributed by atoms with van der Waals surface area (Å²) < 4.78 is 10.8. The van der Waals surface area contributed by atoms with Crippen molar-refractivity contribution in [1.29, 1.82) is 0 Å². The molecule has 0 aliphatic carbocycles. The smallest absolute Gasteiger partial charge is 0.224 e. The predicted molar refractivity (Wildman–Crippen MR) is 92.8 cm³/mol. The number of carbonyl (C=O) groups excluding carboxylic acids is 1. The highest BCUT2D eigenvalue weighted by atomic mass is 35.5. The lowest BCUT2D eigenvalue weighted by molar-refractivity contribution is -0.116. The molecule has 0 aromatic heterocycles. The summed E-state index contributed by atoms with van der Waals surface area (Å²) in [4.78, 5) is 11.9. The Morgan fingerprint density at radius 2 is 1.83 bits per heavy atom. The van der Waals surface area contributed by atoms with Crippen molar-refractivity contribution in [2.24, 2.45) is 0 Å². The fourth-order valence-electron chi connectivity index (χ4n) is 1.95. The average molecular weight is 354 g/mol. The van der Waals surface area contributed by atoms with Gasteiger partial charge in [-0.05, 0) is 36.8 Å². The van der Waals surface area contributed by atoms with E-state index in [9.17, 15) is 4.79 Å². The molecule has 0 aliphatic heterocycles. The van der Waals surface area contributed by atoms with Crippen LogP contribution < -0.4 is 14.8 Å². The Balaban J connectivity index is 1.75. The molecule has 0 atom stereocenters. The van der Waals surface area contributed by atoms with Crippen LogP contribution in [0.2, 0.25) is 10.0 Å². The number of methoxy groups -OCH3 is 1. The van der Waals surface area contributed by atoms with Crippen LogP contribution in [0.1, 0.15) is 12.8 Å². The molecule has 1 N–H and O–H groups in total. The zero-order chi connectivity index (χ0) is 16.7. The third kappa shape index (κ3) is 5.34. The third-order valence-electron chi connectivity index (χ3n) is 3.08. The lowest BCUT2D eigenvalue weighted by Gasteiger charge is -2.10. The fraction of sp³-hybridized carbons (Fsp3) is 0.235. The highest BCUT2D eigenvalue weighted by Crippen LogP contribution is 2.26. The van der Waals surface area contributed by atoms with E-state index < -0.39 is 0 Å². The molecule has 122 valence electrons. The molecule has 0 fully saturated rings. The van der Waals surface area contributed by atoms with Crippen LogP contribution in [0.3, 0.4) is 0 Å². The zero-order valence-corrected chi connectivity index (χ0v) is 14.2. The lowest BCUT2D eigenvalue weighted by atomic mass is 10.2. The standard InChI is InChI=1S/C17H17Cl2NO3/c1-22-15-5-2-3-6-16(15)23-10-4-7-17(21)20-12-8-9-13(18)14(19)11-12/h2-3,5-6,8-9,11H,4,7,10H2,1H3,(H,20,21). The molecule has 4 nitrogen and oxygen atoms in total. The second-order valence-corrected chi connectivity index (χ2v) is 5.59. The van der Waals surface area contributed by atoms with E-state index in [1.807, 2.05) is 24.3 Å². The van der Waals surface area contributed by atoms with E-state index in [-0.39, 0.29) is 5.91 Å². The second kappa shape index (κ2) is 8.65. The van der Waals surface area contributed by atoms with Gasteiger partial charge < -0.3 is 14.8 Å². The Bertz CT molecular complexity index is 677. The number of rotatable bonds is 7. The van der Waals surface area contributed by atoms with E-state index in [1.165, 1.54) is 0 Å². The number of halogens is 2. The van der Waals surface area contributed by atoms with Crippen LogP contribution in [0, 0.1) is 0 Å². The largest absolute Gasteiger partial charge is 0.493 e. The highest BCUT2D eigenvalue weighted by molar-refractivity contribution is 6.42. The molecular formula is C17H17Cl2NO3. The minimum absolute atomic E-state index is 0.105. The summed E-state index contributed by atoms with van der Waals surface area (Å²) in [6.45, 7) is 0.426. The van der Waals surface area contributed by atoms with Gasteiger partial charge >= 0.3 is 0 Å². The minimum Gasteiger partial charge on any atom is -0.493 e. The quantitative estimate of drug-likeness (QED) is 0.727. The monoisotopic (exact) mass is 353 g/mol. The summed E-state index contributed by atoms with van der Waals surface area (Å²) in [5, 5.41) is 3.63. The maximum Gasteiger partial charge on any atom is 0.224 e. The number of carbonyl (C=O) groups is 1. The summed E-state index contributed by atoms with van der Waals surface area (Å²) in [6, 6.07) is 12.4. The van der Waals surface area contributed by atoms with Crippen LogP contribution in [0.25, 0.3) is 0 Å². The Hall–Kier alpha value is -1.91. The van der Waals surface area contributed by atoms with Crippen LogP contribution in [-0.2, 0) is 4.79 Å². The Labute approximate surface area is 145 Å². The number of amides is 1. The van der Waals surface area contributed by atoms with Crippen molar-refractivity contribution in [3.05, 3.63) is 52.5 Å². The van der Waals surface area contributed by atoms with E-state index in [0.29, 0.717) is 46.7 Å². The van der Waals surface area contributed by atoms with Crippen molar-refractivity contribution in [2.75, 3.05) is 19.0 Å². The molecule has 0 bridgehead atoms. The van der Waals surface area contributed by atoms with E-state index in [4.69, 9.17) is 32.7 Å². The first-order chi connectivity index (χ1) is 11.1. The predicted octanol–water partition coefficient (Wildman–Crippen LogP) is 4.80. The van der Waals surface area contributed by atoms with Crippen LogP contribution in [0.5, 0.6) is 11.5 Å². The molecule has 0 heterocycles. The average Bonchev–Trinajstić information content (AvgIpc) is 2.55. The Morgan fingerprint density at radius 1 is 1.09 bits per heavy atom. The highest BCUT2D eigenvalue weighted by Gasteiger charge is 2.06. The van der Waals surface area contributed by atoms with Gasteiger partial charge in [-0.1, -0.05) is 35.3 Å². The van der Waals surface area contributed by atoms with Crippen molar-refractivity contribution in [2.45, 2.75) is 12.8 Å². The molecular weight excluding hydrogens is 337 g/mol. The third-order valence-corrected chi connectivity index (χ3v) is 3.82. The fourth-order valence-corrected chi connectivity index (χ4v) is 2.25. The molecule has 23 heavy (non-hydrogen) atoms. The van der Waals surface area contributed by atoms with Gasteiger partial charge in [-0.2, -0.15) is 0 Å². The molecule has 0 saturated carbocycles. The molecule has 0 spiro atoms. The minimum atomic E-state index is -0.105. The number of anilines is 1. The summed E-state index contributed by atoms with van der Waals surface area (Å²) in [5.74, 6) is 1.24. The summed E-state index contributed by atoms with van der Waals surface area (Å²) in [5.41, 5.74) is 0.620. The number of hydrogen-bond donors (Lipinski definition) is 1. The van der Waals surface area contributed by atoms with Gasteiger partial charge in [0, 0.05) is 12.1 Å². The Kier molecular flexibility index (Phi) is 6.56. The van der Waals surface area contributed by atoms with Crippen molar-refractivity contribution >= 4 is 34.8 Å². The summed E-state index contributed by atoms with van der Waals surface area (Å²) in [7, 11) is 1.59. The van der Waals surface area contributed by atoms with Crippen molar-refractivity contribution in [3.8, 4) is 11.5 Å². The SMILES string of the molecule is COc1ccccc1OCCCC(=O)Nc1ccc(Cl)c(Cl)c1. The topological polar surface area (TPSA) is 47.6 Å². The van der Waals surface area contributed by atoms with Crippen LogP contribution in [0.15, 0.2) is 42.5 Å². The van der Waals surface area contributed by atoms with Crippen LogP contribution in [0.4, 0.5) is 5.69 Å². The number of nitrogens with one attached hydrogen (secondary N) is 1.